The molecule has 1 aromatic carbocycles. The van der Waals surface area contributed by atoms with Crippen molar-refractivity contribution in [3.63, 3.8) is 0 Å². The maximum Gasteiger partial charge on any atom is 0.335 e. The molecule has 0 spiro atoms. The summed E-state index contributed by atoms with van der Waals surface area (Å²) in [5.41, 5.74) is -0.319. The Bertz CT molecular complexity index is 790. The third-order valence-corrected chi connectivity index (χ3v) is 3.81. The highest BCUT2D eigenvalue weighted by atomic mass is 32.2. The number of carbonyl (C=O) groups is 1. The highest BCUT2D eigenvalue weighted by Crippen LogP contribution is 2.15. The van der Waals surface area contributed by atoms with Gasteiger partial charge >= 0.3 is 5.97 Å². The fourth-order valence-corrected chi connectivity index (χ4v) is 2.58. The summed E-state index contributed by atoms with van der Waals surface area (Å²) in [6.45, 7) is 0. The van der Waals surface area contributed by atoms with Gasteiger partial charge in [0.15, 0.2) is 0 Å². The first-order valence-corrected chi connectivity index (χ1v) is 6.92. The third-order valence-electron chi connectivity index (χ3n) is 2.43. The number of H-pyrrole nitrogens is 1. The van der Waals surface area contributed by atoms with Crippen LogP contribution in [0.5, 0.6) is 0 Å². The lowest BCUT2D eigenvalue weighted by atomic mass is 10.2. The Morgan fingerprint density at radius 3 is 2.55 bits per heavy atom. The van der Waals surface area contributed by atoms with Crippen molar-refractivity contribution >= 4 is 21.7 Å². The number of pyridine rings is 1. The van der Waals surface area contributed by atoms with E-state index in [-0.39, 0.29) is 21.7 Å². The van der Waals surface area contributed by atoms with E-state index < -0.39 is 16.0 Å². The Morgan fingerprint density at radius 2 is 1.95 bits per heavy atom. The summed E-state index contributed by atoms with van der Waals surface area (Å²) in [4.78, 5) is 23.8. The molecule has 0 amide bonds. The van der Waals surface area contributed by atoms with Crippen LogP contribution in [0.25, 0.3) is 0 Å². The molecule has 0 bridgehead atoms. The summed E-state index contributed by atoms with van der Waals surface area (Å²) in [5, 5.41) is 8.84. The molecule has 0 aliphatic heterocycles. The monoisotopic (exact) mass is 294 g/mol. The van der Waals surface area contributed by atoms with E-state index in [1.165, 1.54) is 36.5 Å². The van der Waals surface area contributed by atoms with Gasteiger partial charge in [0.1, 0.15) is 0 Å². The summed E-state index contributed by atoms with van der Waals surface area (Å²) in [6.07, 6.45) is 1.21. The van der Waals surface area contributed by atoms with E-state index >= 15 is 0 Å². The molecule has 0 aliphatic rings. The molecule has 7 nitrogen and oxygen atoms in total. The molecular formula is C12H10N2O5S. The Balaban J connectivity index is 2.35. The molecule has 20 heavy (non-hydrogen) atoms. The first kappa shape index (κ1) is 13.8. The Hall–Kier alpha value is -2.61. The van der Waals surface area contributed by atoms with Gasteiger partial charge in [-0.15, -0.1) is 0 Å². The predicted octanol–water partition coefficient (Wildman–Crippen LogP) is 0.874. The van der Waals surface area contributed by atoms with Crippen LogP contribution in [0.4, 0.5) is 5.69 Å². The molecule has 3 N–H and O–H groups in total. The zero-order chi connectivity index (χ0) is 14.8. The maximum atomic E-state index is 12.1. The number of aromatic nitrogens is 1. The summed E-state index contributed by atoms with van der Waals surface area (Å²) in [6, 6.07) is 7.44. The van der Waals surface area contributed by atoms with Crippen molar-refractivity contribution in [3.8, 4) is 0 Å². The second-order valence-corrected chi connectivity index (χ2v) is 5.56. The second-order valence-electron chi connectivity index (χ2n) is 3.88. The number of carboxylic acid groups (broad SMARTS) is 1. The molecule has 0 atom stereocenters. The van der Waals surface area contributed by atoms with Crippen LogP contribution in [-0.2, 0) is 10.0 Å². The Morgan fingerprint density at radius 1 is 1.20 bits per heavy atom. The molecule has 1 aromatic heterocycles. The number of rotatable bonds is 4. The average Bonchev–Trinajstić information content (AvgIpc) is 2.41. The zero-order valence-corrected chi connectivity index (χ0v) is 10.8. The van der Waals surface area contributed by atoms with Crippen molar-refractivity contribution < 1.29 is 18.3 Å². The number of benzene rings is 1. The van der Waals surface area contributed by atoms with Crippen LogP contribution in [0.15, 0.2) is 52.3 Å². The Labute approximate surface area is 114 Å². The lowest BCUT2D eigenvalue weighted by Gasteiger charge is -2.08. The number of aromatic carboxylic acids is 1. The lowest BCUT2D eigenvalue weighted by Crippen LogP contribution is -2.15. The topological polar surface area (TPSA) is 116 Å². The van der Waals surface area contributed by atoms with Crippen molar-refractivity contribution in [1.29, 1.82) is 0 Å². The largest absolute Gasteiger partial charge is 0.478 e. The average molecular weight is 294 g/mol. The summed E-state index contributed by atoms with van der Waals surface area (Å²) in [5.74, 6) is -1.22. The van der Waals surface area contributed by atoms with Crippen LogP contribution in [-0.4, -0.2) is 24.5 Å². The highest BCUT2D eigenvalue weighted by molar-refractivity contribution is 7.92. The van der Waals surface area contributed by atoms with Gasteiger partial charge in [-0.2, -0.15) is 0 Å². The minimum atomic E-state index is -3.92. The van der Waals surface area contributed by atoms with Crippen LogP contribution < -0.4 is 10.3 Å². The smallest absolute Gasteiger partial charge is 0.335 e. The van der Waals surface area contributed by atoms with Crippen LogP contribution in [0, 0.1) is 0 Å². The van der Waals surface area contributed by atoms with Gasteiger partial charge in [0.25, 0.3) is 10.0 Å². The van der Waals surface area contributed by atoms with Gasteiger partial charge < -0.3 is 10.1 Å². The van der Waals surface area contributed by atoms with E-state index in [4.69, 9.17) is 5.11 Å². The molecule has 2 aromatic rings. The van der Waals surface area contributed by atoms with Crippen LogP contribution in [0.3, 0.4) is 0 Å². The molecule has 2 rings (SSSR count). The quantitative estimate of drug-likeness (QED) is 0.773. The molecule has 0 saturated carbocycles. The van der Waals surface area contributed by atoms with E-state index in [0.29, 0.717) is 0 Å². The molecular weight excluding hydrogens is 284 g/mol. The molecule has 0 fully saturated rings. The zero-order valence-electron chi connectivity index (χ0n) is 10.0. The number of hydrogen-bond acceptors (Lipinski definition) is 4. The van der Waals surface area contributed by atoms with E-state index in [1.807, 2.05) is 0 Å². The predicted molar refractivity (Wildman–Crippen MR) is 71.3 cm³/mol. The van der Waals surface area contributed by atoms with Crippen molar-refractivity contribution in [1.82, 2.24) is 4.98 Å². The van der Waals surface area contributed by atoms with Gasteiger partial charge in [0.05, 0.1) is 16.1 Å². The number of sulfonamides is 1. The lowest BCUT2D eigenvalue weighted by molar-refractivity contribution is 0.0696. The van der Waals surface area contributed by atoms with Crippen molar-refractivity contribution in [2.45, 2.75) is 4.90 Å². The summed E-state index contributed by atoms with van der Waals surface area (Å²) < 4.78 is 26.4. The third kappa shape index (κ3) is 3.04. The normalized spacial score (nSPS) is 11.0. The van der Waals surface area contributed by atoms with E-state index in [1.54, 1.807) is 0 Å². The number of anilines is 1. The number of hydrogen-bond donors (Lipinski definition) is 3. The van der Waals surface area contributed by atoms with E-state index in [0.717, 1.165) is 6.07 Å². The van der Waals surface area contributed by atoms with Gasteiger partial charge in [0, 0.05) is 12.3 Å². The Kier molecular flexibility index (Phi) is 3.57. The number of aromatic amines is 1. The fourth-order valence-electron chi connectivity index (χ4n) is 1.48. The molecule has 8 heteroatoms. The first-order valence-electron chi connectivity index (χ1n) is 5.43. The highest BCUT2D eigenvalue weighted by Gasteiger charge is 2.16. The second kappa shape index (κ2) is 5.17. The molecule has 0 aliphatic carbocycles. The van der Waals surface area contributed by atoms with Gasteiger partial charge in [-0.25, -0.2) is 13.2 Å². The molecule has 1 heterocycles. The molecule has 0 unspecified atom stereocenters. The van der Waals surface area contributed by atoms with Gasteiger partial charge in [-0.05, 0) is 24.3 Å². The van der Waals surface area contributed by atoms with Crippen LogP contribution in [0.1, 0.15) is 10.4 Å². The fraction of sp³-hybridized carbons (Fsp3) is 0. The van der Waals surface area contributed by atoms with E-state index in [9.17, 15) is 18.0 Å². The number of carboxylic acids is 1. The summed E-state index contributed by atoms with van der Waals surface area (Å²) in [7, 11) is -3.92. The van der Waals surface area contributed by atoms with Crippen LogP contribution in [0.2, 0.25) is 0 Å². The van der Waals surface area contributed by atoms with Crippen molar-refractivity contribution in [3.05, 3.63) is 58.5 Å². The van der Waals surface area contributed by atoms with Gasteiger partial charge in [0.2, 0.25) is 5.56 Å². The molecule has 0 saturated heterocycles. The van der Waals surface area contributed by atoms with Crippen molar-refractivity contribution in [2.24, 2.45) is 0 Å². The van der Waals surface area contributed by atoms with E-state index in [2.05, 4.69) is 9.71 Å². The SMILES string of the molecule is O=C(O)c1cccc(S(=O)(=O)Nc2ccc(=O)[nH]c2)c1. The first-order chi connectivity index (χ1) is 9.38. The minimum Gasteiger partial charge on any atom is -0.478 e. The van der Waals surface area contributed by atoms with Crippen molar-refractivity contribution in [2.75, 3.05) is 4.72 Å². The van der Waals surface area contributed by atoms with Crippen LogP contribution >= 0.6 is 0 Å². The minimum absolute atomic E-state index is 0.130. The summed E-state index contributed by atoms with van der Waals surface area (Å²) >= 11 is 0. The van der Waals surface area contributed by atoms with Gasteiger partial charge in [-0.3, -0.25) is 9.52 Å². The number of nitrogens with one attached hydrogen (secondary N) is 2. The van der Waals surface area contributed by atoms with Gasteiger partial charge in [-0.1, -0.05) is 6.07 Å². The molecule has 0 radical (unpaired) electrons. The maximum absolute atomic E-state index is 12.1. The molecule has 104 valence electrons. The standard InChI is InChI=1S/C12H10N2O5S/c15-11-5-4-9(7-13-11)14-20(18,19)10-3-1-2-8(6-10)12(16)17/h1-7,14H,(H,13,15)(H,16,17).